The van der Waals surface area contributed by atoms with Crippen molar-refractivity contribution in [2.24, 2.45) is 0 Å². The summed E-state index contributed by atoms with van der Waals surface area (Å²) < 4.78 is 3.40. The van der Waals surface area contributed by atoms with E-state index in [1.54, 1.807) is 0 Å². The van der Waals surface area contributed by atoms with Gasteiger partial charge in [-0.15, -0.1) is 0 Å². The number of halogens is 1. The van der Waals surface area contributed by atoms with Crippen LogP contribution in [-0.2, 0) is 0 Å². The maximum absolute atomic E-state index is 11.4. The Morgan fingerprint density at radius 2 is 1.00 bits per heavy atom. The zero-order valence-corrected chi connectivity index (χ0v) is 30.9. The molecule has 0 saturated carbocycles. The van der Waals surface area contributed by atoms with Gasteiger partial charge in [0.15, 0.2) is 0 Å². The van der Waals surface area contributed by atoms with Gasteiger partial charge in [-0.3, -0.25) is 20.2 Å². The molecule has 2 heterocycles. The van der Waals surface area contributed by atoms with Crippen LogP contribution in [0.5, 0.6) is 0 Å². The van der Waals surface area contributed by atoms with Gasteiger partial charge in [-0.1, -0.05) is 133 Å². The van der Waals surface area contributed by atoms with Gasteiger partial charge in [0.2, 0.25) is 13.1 Å². The highest BCUT2D eigenvalue weighted by Gasteiger charge is 2.25. The Morgan fingerprint density at radius 1 is 0.547 bits per heavy atom. The fourth-order valence-corrected chi connectivity index (χ4v) is 6.93. The van der Waals surface area contributed by atoms with Crippen molar-refractivity contribution in [1.82, 2.24) is 9.55 Å². The molecule has 0 saturated heterocycles. The highest BCUT2D eigenvalue weighted by Crippen LogP contribution is 2.34. The van der Waals surface area contributed by atoms with E-state index in [9.17, 15) is 20.2 Å². The molecule has 2 unspecified atom stereocenters. The Kier molecular flexibility index (Phi) is 12.4. The van der Waals surface area contributed by atoms with Crippen LogP contribution in [0.1, 0.15) is 34.1 Å². The van der Waals surface area contributed by atoms with Gasteiger partial charge in [0.05, 0.1) is 17.4 Å². The van der Waals surface area contributed by atoms with Crippen molar-refractivity contribution in [3.05, 3.63) is 228 Å². The quantitative estimate of drug-likeness (QED) is 0.0889. The lowest BCUT2D eigenvalue weighted by Crippen LogP contribution is -2.13. The van der Waals surface area contributed by atoms with Crippen LogP contribution < -0.4 is 0 Å². The summed E-state index contributed by atoms with van der Waals surface area (Å²) in [5.41, 5.74) is 6.98. The van der Waals surface area contributed by atoms with Gasteiger partial charge in [-0.25, -0.2) is 0 Å². The first kappa shape index (κ1) is 36.7. The van der Waals surface area contributed by atoms with Gasteiger partial charge in [-0.2, -0.15) is 0 Å². The second-order valence-corrected chi connectivity index (χ2v) is 13.6. The summed E-state index contributed by atoms with van der Waals surface area (Å²) in [5, 5.41) is 24.5. The van der Waals surface area contributed by atoms with Gasteiger partial charge in [-0.05, 0) is 81.2 Å². The summed E-state index contributed by atoms with van der Waals surface area (Å²) in [6.07, 6.45) is 3.92. The van der Waals surface area contributed by atoms with Gasteiger partial charge >= 0.3 is 0 Å². The number of hydrogen-bond acceptors (Lipinski definition) is 4. The molecule has 0 aliphatic carbocycles. The first-order chi connectivity index (χ1) is 25.9. The van der Waals surface area contributed by atoms with E-state index in [-0.39, 0.29) is 34.8 Å². The fourth-order valence-electron chi connectivity index (χ4n) is 6.52. The zero-order chi connectivity index (χ0) is 37.0. The molecule has 8 rings (SSSR count). The molecule has 8 aromatic rings. The summed E-state index contributed by atoms with van der Waals surface area (Å²) in [4.78, 5) is 25.1. The average molecular weight is 813 g/mol. The number of aromatic amines is 1. The third kappa shape index (κ3) is 9.43. The van der Waals surface area contributed by atoms with Crippen molar-refractivity contribution in [3.8, 4) is 5.69 Å². The van der Waals surface area contributed by atoms with Crippen molar-refractivity contribution in [3.63, 3.8) is 0 Å². The summed E-state index contributed by atoms with van der Waals surface area (Å²) >= 11 is 2.28. The van der Waals surface area contributed by atoms with E-state index in [1.807, 2.05) is 164 Å². The molecule has 0 aliphatic rings. The Hall–Kier alpha value is -6.07. The first-order valence-corrected chi connectivity index (χ1v) is 18.2. The lowest BCUT2D eigenvalue weighted by molar-refractivity contribution is -0.481. The van der Waals surface area contributed by atoms with Crippen molar-refractivity contribution in [2.45, 2.75) is 11.8 Å². The second-order valence-electron chi connectivity index (χ2n) is 12.3. The van der Waals surface area contributed by atoms with E-state index in [1.165, 1.54) is 3.57 Å². The van der Waals surface area contributed by atoms with Gasteiger partial charge in [0.25, 0.3) is 0 Å². The SMILES string of the molecule is Ic1ccccc1.O=[N+]([O-])CC(c1ccccc1)c1c[nH]c2ccccc12.O=[N+]([O-])CC(c1ccccc1)c1cn(-c2ccccc2)c2ccccc12. The number of fused-ring (bicyclic) bond motifs is 2. The molecule has 0 spiro atoms. The van der Waals surface area contributed by atoms with Crippen molar-refractivity contribution < 1.29 is 9.85 Å². The number of H-pyrrole nitrogens is 1. The van der Waals surface area contributed by atoms with Gasteiger partial charge in [0.1, 0.15) is 0 Å². The summed E-state index contributed by atoms with van der Waals surface area (Å²) in [5.74, 6) is -0.525. The van der Waals surface area contributed by atoms with Crippen LogP contribution in [-0.4, -0.2) is 32.5 Å². The van der Waals surface area contributed by atoms with E-state index in [2.05, 4.69) is 50.3 Å². The minimum Gasteiger partial charge on any atom is -0.361 e. The minimum atomic E-state index is -0.291. The summed E-state index contributed by atoms with van der Waals surface area (Å²) in [7, 11) is 0. The predicted octanol–water partition coefficient (Wildman–Crippen LogP) is 10.9. The van der Waals surface area contributed by atoms with Crippen LogP contribution in [0.4, 0.5) is 0 Å². The number of aromatic nitrogens is 2. The Labute approximate surface area is 321 Å². The fraction of sp³-hybridized carbons (Fsp3) is 0.0909. The number of para-hydroxylation sites is 3. The molecule has 1 N–H and O–H groups in total. The highest BCUT2D eigenvalue weighted by molar-refractivity contribution is 14.1. The number of nitrogens with one attached hydrogen (secondary N) is 1. The first-order valence-electron chi connectivity index (χ1n) is 17.1. The van der Waals surface area contributed by atoms with E-state index < -0.39 is 0 Å². The molecule has 9 heteroatoms. The summed E-state index contributed by atoms with van der Waals surface area (Å²) in [6, 6.07) is 55.6. The number of rotatable bonds is 9. The number of hydrogen-bond donors (Lipinski definition) is 1. The van der Waals surface area contributed by atoms with Crippen molar-refractivity contribution in [1.29, 1.82) is 0 Å². The largest absolute Gasteiger partial charge is 0.361 e. The Balaban J connectivity index is 0.000000157. The average Bonchev–Trinajstić information content (AvgIpc) is 3.80. The molecule has 0 amide bonds. The molecule has 0 fully saturated rings. The molecular weight excluding hydrogens is 775 g/mol. The van der Waals surface area contributed by atoms with E-state index in [4.69, 9.17) is 0 Å². The van der Waals surface area contributed by atoms with Crippen LogP contribution in [0.3, 0.4) is 0 Å². The summed E-state index contributed by atoms with van der Waals surface area (Å²) in [6.45, 7) is -0.237. The zero-order valence-electron chi connectivity index (χ0n) is 28.7. The molecule has 2 aromatic heterocycles. The van der Waals surface area contributed by atoms with E-state index >= 15 is 0 Å². The van der Waals surface area contributed by atoms with Gasteiger partial charge < -0.3 is 9.55 Å². The molecule has 8 nitrogen and oxygen atoms in total. The van der Waals surface area contributed by atoms with E-state index in [0.717, 1.165) is 49.7 Å². The maximum atomic E-state index is 11.4. The third-order valence-electron chi connectivity index (χ3n) is 8.95. The third-order valence-corrected chi connectivity index (χ3v) is 9.67. The molecule has 264 valence electrons. The molecule has 0 aliphatic heterocycles. The van der Waals surface area contributed by atoms with Crippen molar-refractivity contribution in [2.75, 3.05) is 13.1 Å². The normalized spacial score (nSPS) is 11.8. The van der Waals surface area contributed by atoms with Crippen LogP contribution in [0.2, 0.25) is 0 Å². The lowest BCUT2D eigenvalue weighted by Gasteiger charge is -2.12. The number of nitrogens with zero attached hydrogens (tertiary/aromatic N) is 3. The predicted molar refractivity (Wildman–Crippen MR) is 221 cm³/mol. The molecule has 2 atom stereocenters. The highest BCUT2D eigenvalue weighted by atomic mass is 127. The van der Waals surface area contributed by atoms with Crippen LogP contribution in [0, 0.1) is 23.8 Å². The standard InChI is InChI=1S/C22H18N2O2.C16H14N2O2.C6H5I/c25-24(26)16-20(17-9-3-1-4-10-17)21-15-23(18-11-5-2-6-12-18)22-14-8-7-13-19(21)22;19-18(20)11-15(12-6-2-1-3-7-12)14-10-17-16-9-5-4-8-13(14)16;7-6-4-2-1-3-5-6/h1-15,20H,16H2;1-10,15,17H,11H2;1-5H. The lowest BCUT2D eigenvalue weighted by atomic mass is 9.91. The van der Waals surface area contributed by atoms with Gasteiger partial charge in [0, 0.05) is 47.8 Å². The van der Waals surface area contributed by atoms with Crippen molar-refractivity contribution >= 4 is 44.4 Å². The maximum Gasteiger partial charge on any atom is 0.214 e. The number of benzene rings is 6. The monoisotopic (exact) mass is 812 g/mol. The second kappa shape index (κ2) is 17.9. The molecule has 6 aromatic carbocycles. The molecule has 0 radical (unpaired) electrons. The Bertz CT molecular complexity index is 2380. The Morgan fingerprint density at radius 3 is 1.53 bits per heavy atom. The number of nitro groups is 2. The topological polar surface area (TPSA) is 107 Å². The molecule has 0 bridgehead atoms. The minimum absolute atomic E-state index is 0.105. The molecule has 53 heavy (non-hydrogen) atoms. The van der Waals surface area contributed by atoms with Crippen LogP contribution in [0.15, 0.2) is 182 Å². The van der Waals surface area contributed by atoms with E-state index in [0.29, 0.717) is 0 Å². The smallest absolute Gasteiger partial charge is 0.214 e. The molecular formula is C44H37IN4O4. The van der Waals surface area contributed by atoms with Crippen LogP contribution >= 0.6 is 22.6 Å². The van der Waals surface area contributed by atoms with Crippen LogP contribution in [0.25, 0.3) is 27.5 Å².